The molecule has 2 N–H and O–H groups in total. The highest BCUT2D eigenvalue weighted by Crippen LogP contribution is 2.14. The molecule has 0 saturated carbocycles. The van der Waals surface area contributed by atoms with Crippen molar-refractivity contribution >= 4 is 27.5 Å². The van der Waals surface area contributed by atoms with Crippen molar-refractivity contribution in [3.8, 4) is 0 Å². The molecule has 23 heavy (non-hydrogen) atoms. The minimum Gasteiger partial charge on any atom is -0.352 e. The van der Waals surface area contributed by atoms with Crippen molar-refractivity contribution in [2.75, 3.05) is 6.54 Å². The molecule has 0 unspecified atom stereocenters. The van der Waals surface area contributed by atoms with E-state index in [4.69, 9.17) is 11.6 Å². The minimum atomic E-state index is -3.58. The second-order valence-corrected chi connectivity index (χ2v) is 7.00. The van der Waals surface area contributed by atoms with Crippen LogP contribution in [0.4, 0.5) is 0 Å². The van der Waals surface area contributed by atoms with Gasteiger partial charge in [0.15, 0.2) is 0 Å². The van der Waals surface area contributed by atoms with E-state index in [0.717, 1.165) is 5.56 Å². The standard InChI is InChI=1S/C16H17ClN2O3S/c17-15-9-5-4-6-13(15)12-18-16(20)10-11-19-23(21,22)14-7-2-1-3-8-14/h1-9,19H,10-12H2,(H,18,20). The van der Waals surface area contributed by atoms with Crippen molar-refractivity contribution in [3.05, 3.63) is 65.2 Å². The molecule has 0 atom stereocenters. The summed E-state index contributed by atoms with van der Waals surface area (Å²) in [5.41, 5.74) is 0.812. The Morgan fingerprint density at radius 2 is 1.65 bits per heavy atom. The van der Waals surface area contributed by atoms with E-state index < -0.39 is 10.0 Å². The van der Waals surface area contributed by atoms with Gasteiger partial charge in [-0.2, -0.15) is 0 Å². The summed E-state index contributed by atoms with van der Waals surface area (Å²) in [6.07, 6.45) is 0.0521. The topological polar surface area (TPSA) is 75.3 Å². The second kappa shape index (κ2) is 8.10. The molecule has 2 rings (SSSR count). The highest BCUT2D eigenvalue weighted by Gasteiger charge is 2.13. The third-order valence-corrected chi connectivity index (χ3v) is 4.98. The Morgan fingerprint density at radius 3 is 2.35 bits per heavy atom. The van der Waals surface area contributed by atoms with Crippen molar-refractivity contribution in [2.24, 2.45) is 0 Å². The Hall–Kier alpha value is -1.89. The molecule has 0 spiro atoms. The molecule has 0 bridgehead atoms. The van der Waals surface area contributed by atoms with Crippen molar-refractivity contribution in [3.63, 3.8) is 0 Å². The van der Waals surface area contributed by atoms with Gasteiger partial charge in [-0.3, -0.25) is 4.79 Å². The quantitative estimate of drug-likeness (QED) is 0.803. The van der Waals surface area contributed by atoms with Crippen LogP contribution in [-0.4, -0.2) is 20.9 Å². The number of hydrogen-bond donors (Lipinski definition) is 2. The van der Waals surface area contributed by atoms with Gasteiger partial charge in [0.1, 0.15) is 0 Å². The fourth-order valence-corrected chi connectivity index (χ4v) is 3.16. The highest BCUT2D eigenvalue weighted by atomic mass is 35.5. The number of sulfonamides is 1. The fourth-order valence-electron chi connectivity index (χ4n) is 1.91. The van der Waals surface area contributed by atoms with Gasteiger partial charge in [-0.15, -0.1) is 0 Å². The van der Waals surface area contributed by atoms with Gasteiger partial charge in [0, 0.05) is 24.5 Å². The number of amides is 1. The zero-order valence-electron chi connectivity index (χ0n) is 12.3. The maximum Gasteiger partial charge on any atom is 0.240 e. The van der Waals surface area contributed by atoms with Crippen LogP contribution in [0.25, 0.3) is 0 Å². The lowest BCUT2D eigenvalue weighted by Gasteiger charge is -2.08. The highest BCUT2D eigenvalue weighted by molar-refractivity contribution is 7.89. The Morgan fingerprint density at radius 1 is 1.00 bits per heavy atom. The molecule has 0 aromatic heterocycles. The van der Waals surface area contributed by atoms with E-state index in [1.165, 1.54) is 12.1 Å². The molecule has 0 aliphatic heterocycles. The lowest BCUT2D eigenvalue weighted by molar-refractivity contribution is -0.121. The summed E-state index contributed by atoms with van der Waals surface area (Å²) in [6.45, 7) is 0.343. The zero-order chi connectivity index (χ0) is 16.7. The summed E-state index contributed by atoms with van der Waals surface area (Å²) >= 11 is 6.00. The normalized spacial score (nSPS) is 11.2. The van der Waals surface area contributed by atoms with Gasteiger partial charge in [-0.1, -0.05) is 48.0 Å². The van der Waals surface area contributed by atoms with E-state index in [2.05, 4.69) is 10.0 Å². The average Bonchev–Trinajstić information content (AvgIpc) is 2.55. The van der Waals surface area contributed by atoms with E-state index >= 15 is 0 Å². The first-order valence-corrected chi connectivity index (χ1v) is 8.90. The van der Waals surface area contributed by atoms with Gasteiger partial charge in [-0.05, 0) is 23.8 Å². The minimum absolute atomic E-state index is 0.0333. The number of rotatable bonds is 7. The summed E-state index contributed by atoms with van der Waals surface area (Å²) in [6, 6.07) is 15.2. The number of carbonyl (C=O) groups is 1. The van der Waals surface area contributed by atoms with Gasteiger partial charge in [-0.25, -0.2) is 13.1 Å². The van der Waals surface area contributed by atoms with E-state index in [-0.39, 0.29) is 23.8 Å². The largest absolute Gasteiger partial charge is 0.352 e. The third-order valence-electron chi connectivity index (χ3n) is 3.13. The van der Waals surface area contributed by atoms with Crippen LogP contribution < -0.4 is 10.0 Å². The van der Waals surface area contributed by atoms with Crippen LogP contribution in [0.1, 0.15) is 12.0 Å². The van der Waals surface area contributed by atoms with E-state index in [9.17, 15) is 13.2 Å². The van der Waals surface area contributed by atoms with Crippen molar-refractivity contribution in [2.45, 2.75) is 17.9 Å². The Bertz CT molecular complexity index is 764. The Balaban J connectivity index is 1.78. The van der Waals surface area contributed by atoms with Crippen LogP contribution in [0.15, 0.2) is 59.5 Å². The first-order chi connectivity index (χ1) is 11.0. The molecule has 0 heterocycles. The number of benzene rings is 2. The predicted octanol–water partition coefficient (Wildman–Crippen LogP) is 2.32. The van der Waals surface area contributed by atoms with Crippen LogP contribution in [0.5, 0.6) is 0 Å². The van der Waals surface area contributed by atoms with E-state index in [1.807, 2.05) is 18.2 Å². The monoisotopic (exact) mass is 352 g/mol. The lowest BCUT2D eigenvalue weighted by atomic mass is 10.2. The SMILES string of the molecule is O=C(CCNS(=O)(=O)c1ccccc1)NCc1ccccc1Cl. The summed E-state index contributed by atoms with van der Waals surface area (Å²) in [5, 5.41) is 3.29. The van der Waals surface area contributed by atoms with Crippen molar-refractivity contribution in [1.29, 1.82) is 0 Å². The molecule has 0 aliphatic rings. The average molecular weight is 353 g/mol. The van der Waals surface area contributed by atoms with Gasteiger partial charge in [0.2, 0.25) is 15.9 Å². The molecular weight excluding hydrogens is 336 g/mol. The van der Waals surface area contributed by atoms with Gasteiger partial charge in [0.25, 0.3) is 0 Å². The lowest BCUT2D eigenvalue weighted by Crippen LogP contribution is -2.30. The van der Waals surface area contributed by atoms with E-state index in [0.29, 0.717) is 11.6 Å². The number of nitrogens with one attached hydrogen (secondary N) is 2. The van der Waals surface area contributed by atoms with Crippen LogP contribution in [0, 0.1) is 0 Å². The number of halogens is 1. The van der Waals surface area contributed by atoms with Crippen LogP contribution in [0.3, 0.4) is 0 Å². The van der Waals surface area contributed by atoms with Crippen molar-refractivity contribution < 1.29 is 13.2 Å². The third kappa shape index (κ3) is 5.35. The second-order valence-electron chi connectivity index (χ2n) is 4.83. The zero-order valence-corrected chi connectivity index (χ0v) is 13.9. The molecule has 0 saturated heterocycles. The first-order valence-electron chi connectivity index (χ1n) is 7.04. The molecular formula is C16H17ClN2O3S. The molecule has 5 nitrogen and oxygen atoms in total. The molecule has 0 aliphatic carbocycles. The Kier molecular flexibility index (Phi) is 6.15. The maximum atomic E-state index is 12.0. The molecule has 0 radical (unpaired) electrons. The van der Waals surface area contributed by atoms with Gasteiger partial charge < -0.3 is 5.32 Å². The number of hydrogen-bond acceptors (Lipinski definition) is 3. The molecule has 1 amide bonds. The van der Waals surface area contributed by atoms with Gasteiger partial charge >= 0.3 is 0 Å². The van der Waals surface area contributed by atoms with Crippen LogP contribution >= 0.6 is 11.6 Å². The molecule has 7 heteroatoms. The summed E-state index contributed by atoms with van der Waals surface area (Å²) < 4.78 is 26.4. The summed E-state index contributed by atoms with van der Waals surface area (Å²) in [7, 11) is -3.58. The van der Waals surface area contributed by atoms with Crippen LogP contribution in [-0.2, 0) is 21.4 Å². The first kappa shape index (κ1) is 17.5. The predicted molar refractivity (Wildman–Crippen MR) is 89.5 cm³/mol. The fraction of sp³-hybridized carbons (Fsp3) is 0.188. The number of carbonyl (C=O) groups excluding carboxylic acids is 1. The molecule has 122 valence electrons. The Labute approximate surface area is 140 Å². The van der Waals surface area contributed by atoms with Crippen molar-refractivity contribution in [1.82, 2.24) is 10.0 Å². The maximum absolute atomic E-state index is 12.0. The van der Waals surface area contributed by atoms with Gasteiger partial charge in [0.05, 0.1) is 4.90 Å². The smallest absolute Gasteiger partial charge is 0.240 e. The summed E-state index contributed by atoms with van der Waals surface area (Å²) in [4.78, 5) is 11.9. The summed E-state index contributed by atoms with van der Waals surface area (Å²) in [5.74, 6) is -0.249. The van der Waals surface area contributed by atoms with E-state index in [1.54, 1.807) is 24.3 Å². The molecule has 2 aromatic carbocycles. The van der Waals surface area contributed by atoms with Crippen LogP contribution in [0.2, 0.25) is 5.02 Å². The molecule has 2 aromatic rings. The molecule has 0 fully saturated rings.